The van der Waals surface area contributed by atoms with Gasteiger partial charge in [-0.05, 0) is 6.42 Å². The summed E-state index contributed by atoms with van der Waals surface area (Å²) in [5.74, 6) is 0. The van der Waals surface area contributed by atoms with Crippen molar-refractivity contribution in [2.45, 2.75) is 19.4 Å². The maximum absolute atomic E-state index is 8.72. The molecule has 0 amide bonds. The lowest BCUT2D eigenvalue weighted by atomic mass is 10.3. The van der Waals surface area contributed by atoms with E-state index in [1.165, 1.54) is 0 Å². The van der Waals surface area contributed by atoms with Gasteiger partial charge in [-0.25, -0.2) is 0 Å². The van der Waals surface area contributed by atoms with Gasteiger partial charge in [0.15, 0.2) is 0 Å². The highest BCUT2D eigenvalue weighted by Crippen LogP contribution is 1.95. The Morgan fingerprint density at radius 1 is 1.17 bits per heavy atom. The molecule has 0 aromatic heterocycles. The monoisotopic (exact) mass is 178 g/mol. The zero-order valence-electron chi connectivity index (χ0n) is 7.53. The molecule has 4 nitrogen and oxygen atoms in total. The van der Waals surface area contributed by atoms with Crippen LogP contribution < -0.4 is 0 Å². The Labute approximate surface area is 73.1 Å². The van der Waals surface area contributed by atoms with Gasteiger partial charge in [-0.15, -0.1) is 0 Å². The number of rotatable bonds is 8. The largest absolute Gasteiger partial charge is 0.394 e. The lowest BCUT2D eigenvalue weighted by molar-refractivity contribution is -0.0245. The van der Waals surface area contributed by atoms with Gasteiger partial charge >= 0.3 is 0 Å². The Balaban J connectivity index is 3.06. The molecule has 1 atom stereocenters. The molecule has 0 spiro atoms. The normalized spacial score (nSPS) is 13.2. The Morgan fingerprint density at radius 3 is 2.42 bits per heavy atom. The molecule has 0 aromatic carbocycles. The summed E-state index contributed by atoms with van der Waals surface area (Å²) in [6.45, 7) is 3.33. The number of aliphatic hydroxyl groups is 2. The topological polar surface area (TPSA) is 58.9 Å². The first-order valence-electron chi connectivity index (χ1n) is 4.26. The third-order valence-corrected chi connectivity index (χ3v) is 1.48. The molecule has 1 unspecified atom stereocenters. The molecule has 0 aliphatic heterocycles. The molecular formula is C8H18O4. The summed E-state index contributed by atoms with van der Waals surface area (Å²) in [6.07, 6.45) is 0.721. The Kier molecular flexibility index (Phi) is 8.81. The molecular weight excluding hydrogens is 160 g/mol. The maximum Gasteiger partial charge on any atom is 0.0804 e. The molecule has 0 aliphatic rings. The van der Waals surface area contributed by atoms with E-state index in [1.54, 1.807) is 0 Å². The van der Waals surface area contributed by atoms with Gasteiger partial charge in [0, 0.05) is 0 Å². The van der Waals surface area contributed by atoms with Gasteiger partial charge in [0.25, 0.3) is 0 Å². The highest BCUT2D eigenvalue weighted by Gasteiger charge is 2.02. The fourth-order valence-electron chi connectivity index (χ4n) is 0.740. The lowest BCUT2D eigenvalue weighted by Gasteiger charge is -2.12. The Morgan fingerprint density at radius 2 is 1.92 bits per heavy atom. The van der Waals surface area contributed by atoms with E-state index in [4.69, 9.17) is 19.7 Å². The number of ether oxygens (including phenoxy) is 2. The molecule has 74 valence electrons. The van der Waals surface area contributed by atoms with Crippen molar-refractivity contribution < 1.29 is 19.7 Å². The highest BCUT2D eigenvalue weighted by atomic mass is 16.5. The van der Waals surface area contributed by atoms with Crippen molar-refractivity contribution >= 4 is 0 Å². The minimum atomic E-state index is -0.0808. The standard InChI is InChI=1S/C8H18O4/c1-2-8(7-10)12-6-5-11-4-3-9/h8-10H,2-7H2,1H3. The van der Waals surface area contributed by atoms with E-state index < -0.39 is 0 Å². The van der Waals surface area contributed by atoms with Crippen molar-refractivity contribution in [3.8, 4) is 0 Å². The van der Waals surface area contributed by atoms with Crippen LogP contribution in [0.5, 0.6) is 0 Å². The molecule has 0 aromatic rings. The summed E-state index contributed by atoms with van der Waals surface area (Å²) in [5.41, 5.74) is 0. The molecule has 0 saturated carbocycles. The predicted molar refractivity (Wildman–Crippen MR) is 45.0 cm³/mol. The van der Waals surface area contributed by atoms with E-state index in [1.807, 2.05) is 6.92 Å². The molecule has 2 N–H and O–H groups in total. The smallest absolute Gasteiger partial charge is 0.0804 e. The minimum Gasteiger partial charge on any atom is -0.394 e. The third-order valence-electron chi connectivity index (χ3n) is 1.48. The highest BCUT2D eigenvalue weighted by molar-refractivity contribution is 4.50. The lowest BCUT2D eigenvalue weighted by Crippen LogP contribution is -2.19. The van der Waals surface area contributed by atoms with Crippen molar-refractivity contribution in [3.05, 3.63) is 0 Å². The molecule has 0 radical (unpaired) electrons. The summed E-state index contributed by atoms with van der Waals surface area (Å²) < 4.78 is 10.2. The van der Waals surface area contributed by atoms with Crippen LogP contribution in [0.2, 0.25) is 0 Å². The van der Waals surface area contributed by atoms with Crippen molar-refractivity contribution in [1.82, 2.24) is 0 Å². The van der Waals surface area contributed by atoms with Gasteiger partial charge in [-0.3, -0.25) is 0 Å². The molecule has 4 heteroatoms. The second-order valence-electron chi connectivity index (χ2n) is 2.42. The summed E-state index contributed by atoms with van der Waals surface area (Å²) in [5, 5.41) is 17.1. The van der Waals surface area contributed by atoms with Crippen LogP contribution in [-0.4, -0.2) is 49.4 Å². The quantitative estimate of drug-likeness (QED) is 0.505. The van der Waals surface area contributed by atoms with Crippen LogP contribution in [-0.2, 0) is 9.47 Å². The first-order valence-corrected chi connectivity index (χ1v) is 4.26. The van der Waals surface area contributed by atoms with Crippen molar-refractivity contribution in [2.24, 2.45) is 0 Å². The van der Waals surface area contributed by atoms with E-state index in [0.717, 1.165) is 6.42 Å². The third kappa shape index (κ3) is 6.54. The number of hydrogen-bond donors (Lipinski definition) is 2. The van der Waals surface area contributed by atoms with Crippen LogP contribution in [0.15, 0.2) is 0 Å². The molecule has 0 fully saturated rings. The summed E-state index contributed by atoms with van der Waals surface area (Å²) in [4.78, 5) is 0. The SMILES string of the molecule is CCC(CO)OCCOCCO. The van der Waals surface area contributed by atoms with E-state index in [0.29, 0.717) is 19.8 Å². The van der Waals surface area contributed by atoms with Crippen LogP contribution in [0.1, 0.15) is 13.3 Å². The number of aliphatic hydroxyl groups excluding tert-OH is 2. The van der Waals surface area contributed by atoms with Gasteiger partial charge in [0.2, 0.25) is 0 Å². The van der Waals surface area contributed by atoms with Crippen LogP contribution in [0, 0.1) is 0 Å². The van der Waals surface area contributed by atoms with Crippen LogP contribution >= 0.6 is 0 Å². The first kappa shape index (κ1) is 11.8. The van der Waals surface area contributed by atoms with Crippen molar-refractivity contribution in [3.63, 3.8) is 0 Å². The maximum atomic E-state index is 8.72. The Hall–Kier alpha value is -0.160. The zero-order chi connectivity index (χ0) is 9.23. The molecule has 0 rings (SSSR count). The molecule has 0 heterocycles. The predicted octanol–water partition coefficient (Wildman–Crippen LogP) is -0.217. The second kappa shape index (κ2) is 8.93. The Bertz CT molecular complexity index is 83.1. The summed E-state index contributed by atoms with van der Waals surface area (Å²) >= 11 is 0. The van der Waals surface area contributed by atoms with E-state index >= 15 is 0 Å². The van der Waals surface area contributed by atoms with Gasteiger partial charge < -0.3 is 19.7 Å². The molecule has 0 aliphatic carbocycles. The first-order chi connectivity index (χ1) is 5.85. The van der Waals surface area contributed by atoms with E-state index in [-0.39, 0.29) is 19.3 Å². The fraction of sp³-hybridized carbons (Fsp3) is 1.00. The van der Waals surface area contributed by atoms with Crippen LogP contribution in [0.4, 0.5) is 0 Å². The van der Waals surface area contributed by atoms with E-state index in [2.05, 4.69) is 0 Å². The van der Waals surface area contributed by atoms with Crippen molar-refractivity contribution in [2.75, 3.05) is 33.0 Å². The van der Waals surface area contributed by atoms with Gasteiger partial charge in [-0.2, -0.15) is 0 Å². The molecule has 0 saturated heterocycles. The van der Waals surface area contributed by atoms with Gasteiger partial charge in [-0.1, -0.05) is 6.92 Å². The van der Waals surface area contributed by atoms with E-state index in [9.17, 15) is 0 Å². The average Bonchev–Trinajstić information content (AvgIpc) is 2.11. The average molecular weight is 178 g/mol. The molecule has 0 bridgehead atoms. The summed E-state index contributed by atoms with van der Waals surface area (Å²) in [6, 6.07) is 0. The number of hydrogen-bond acceptors (Lipinski definition) is 4. The summed E-state index contributed by atoms with van der Waals surface area (Å²) in [7, 11) is 0. The van der Waals surface area contributed by atoms with Crippen LogP contribution in [0.3, 0.4) is 0 Å². The molecule has 12 heavy (non-hydrogen) atoms. The van der Waals surface area contributed by atoms with Crippen LogP contribution in [0.25, 0.3) is 0 Å². The second-order valence-corrected chi connectivity index (χ2v) is 2.42. The minimum absolute atomic E-state index is 0.0389. The zero-order valence-corrected chi connectivity index (χ0v) is 7.53. The van der Waals surface area contributed by atoms with Crippen molar-refractivity contribution in [1.29, 1.82) is 0 Å². The van der Waals surface area contributed by atoms with Gasteiger partial charge in [0.1, 0.15) is 0 Å². The fourth-order valence-corrected chi connectivity index (χ4v) is 0.740. The van der Waals surface area contributed by atoms with Gasteiger partial charge in [0.05, 0.1) is 39.1 Å².